The third-order valence-corrected chi connectivity index (χ3v) is 6.14. The van der Waals surface area contributed by atoms with Gasteiger partial charge in [0.05, 0.1) is 16.0 Å². The summed E-state index contributed by atoms with van der Waals surface area (Å²) in [5.41, 5.74) is 3.47. The molecule has 1 aromatic carbocycles. The monoisotopic (exact) mass is 342 g/mol. The van der Waals surface area contributed by atoms with Gasteiger partial charge in [0, 0.05) is 4.88 Å². The van der Waals surface area contributed by atoms with Gasteiger partial charge in [0.15, 0.2) is 0 Å². The average Bonchev–Trinajstić information content (AvgIpc) is 3.31. The van der Waals surface area contributed by atoms with Crippen LogP contribution >= 0.6 is 23.1 Å². The molecule has 6 heteroatoms. The number of rotatable bonds is 5. The zero-order chi connectivity index (χ0) is 15.8. The van der Waals surface area contributed by atoms with Gasteiger partial charge in [-0.1, -0.05) is 36.0 Å². The Bertz CT molecular complexity index is 870. The SMILES string of the molecule is O=C(O)CSc1ncnc2cc(-c3ccc(C4CC4)cc3)sc12. The third kappa shape index (κ3) is 3.09. The van der Waals surface area contributed by atoms with E-state index in [0.717, 1.165) is 26.0 Å². The van der Waals surface area contributed by atoms with Crippen molar-refractivity contribution in [3.63, 3.8) is 0 Å². The van der Waals surface area contributed by atoms with Crippen LogP contribution in [0.4, 0.5) is 0 Å². The summed E-state index contributed by atoms with van der Waals surface area (Å²) in [4.78, 5) is 20.4. The number of aliphatic carboxylic acids is 1. The summed E-state index contributed by atoms with van der Waals surface area (Å²) < 4.78 is 0.958. The molecular formula is C17H14N2O2S2. The van der Waals surface area contributed by atoms with Gasteiger partial charge < -0.3 is 5.11 Å². The molecule has 2 aromatic heterocycles. The van der Waals surface area contributed by atoms with Gasteiger partial charge in [-0.05, 0) is 36.0 Å². The first kappa shape index (κ1) is 14.7. The van der Waals surface area contributed by atoms with Crippen molar-refractivity contribution in [2.45, 2.75) is 23.8 Å². The van der Waals surface area contributed by atoms with Crippen molar-refractivity contribution in [1.29, 1.82) is 0 Å². The van der Waals surface area contributed by atoms with Gasteiger partial charge in [-0.15, -0.1) is 11.3 Å². The molecule has 1 aliphatic rings. The maximum absolute atomic E-state index is 10.8. The molecule has 0 unspecified atom stereocenters. The minimum atomic E-state index is -0.839. The van der Waals surface area contributed by atoms with Crippen molar-refractivity contribution in [2.24, 2.45) is 0 Å². The third-order valence-electron chi connectivity index (χ3n) is 3.85. The lowest BCUT2D eigenvalue weighted by atomic mass is 10.1. The van der Waals surface area contributed by atoms with E-state index in [-0.39, 0.29) is 5.75 Å². The molecule has 0 spiro atoms. The fourth-order valence-corrected chi connectivity index (χ4v) is 4.46. The Morgan fingerprint density at radius 3 is 2.74 bits per heavy atom. The predicted molar refractivity (Wildman–Crippen MR) is 93.2 cm³/mol. The Kier molecular flexibility index (Phi) is 3.79. The molecule has 0 aliphatic heterocycles. The number of carboxylic acids is 1. The van der Waals surface area contributed by atoms with Crippen molar-refractivity contribution in [2.75, 3.05) is 5.75 Å². The fraction of sp³-hybridized carbons (Fsp3) is 0.235. The summed E-state index contributed by atoms with van der Waals surface area (Å²) in [7, 11) is 0. The molecule has 0 atom stereocenters. The van der Waals surface area contributed by atoms with Gasteiger partial charge in [0.1, 0.15) is 11.4 Å². The van der Waals surface area contributed by atoms with E-state index in [1.807, 2.05) is 0 Å². The Balaban J connectivity index is 1.67. The van der Waals surface area contributed by atoms with Crippen LogP contribution < -0.4 is 0 Å². The van der Waals surface area contributed by atoms with E-state index in [0.29, 0.717) is 0 Å². The quantitative estimate of drug-likeness (QED) is 0.549. The van der Waals surface area contributed by atoms with E-state index >= 15 is 0 Å². The summed E-state index contributed by atoms with van der Waals surface area (Å²) in [5.74, 6) is -0.0688. The molecule has 0 radical (unpaired) electrons. The Morgan fingerprint density at radius 1 is 1.26 bits per heavy atom. The number of thiophene rings is 1. The zero-order valence-electron chi connectivity index (χ0n) is 12.2. The number of aromatic nitrogens is 2. The van der Waals surface area contributed by atoms with Gasteiger partial charge in [-0.2, -0.15) is 0 Å². The molecule has 3 aromatic rings. The molecule has 116 valence electrons. The minimum absolute atomic E-state index is 0.00936. The van der Waals surface area contributed by atoms with Gasteiger partial charge in [-0.3, -0.25) is 4.79 Å². The molecular weight excluding hydrogens is 328 g/mol. The summed E-state index contributed by atoms with van der Waals surface area (Å²) in [5, 5.41) is 9.58. The van der Waals surface area contributed by atoms with Crippen LogP contribution in [-0.4, -0.2) is 26.8 Å². The van der Waals surface area contributed by atoms with E-state index in [1.165, 1.54) is 42.1 Å². The van der Waals surface area contributed by atoms with Gasteiger partial charge in [-0.25, -0.2) is 9.97 Å². The molecule has 0 amide bonds. The van der Waals surface area contributed by atoms with E-state index in [2.05, 4.69) is 40.3 Å². The lowest BCUT2D eigenvalue weighted by Gasteiger charge is -2.00. The zero-order valence-corrected chi connectivity index (χ0v) is 13.9. The summed E-state index contributed by atoms with van der Waals surface area (Å²) >= 11 is 2.86. The van der Waals surface area contributed by atoms with Crippen LogP contribution in [0, 0.1) is 0 Å². The van der Waals surface area contributed by atoms with Crippen LogP contribution in [0.15, 0.2) is 41.7 Å². The second-order valence-electron chi connectivity index (χ2n) is 5.58. The lowest BCUT2D eigenvalue weighted by Crippen LogP contribution is -1.98. The Labute approximate surface area is 141 Å². The standard InChI is InChI=1S/C17H14N2O2S2/c20-15(21)8-22-17-16-13(18-9-19-17)7-14(23-16)12-5-3-11(4-6-12)10-1-2-10/h3-7,9-10H,1-2,8H2,(H,20,21). The average molecular weight is 342 g/mol. The van der Waals surface area contributed by atoms with Crippen LogP contribution in [0.25, 0.3) is 20.7 Å². The number of nitrogens with zero attached hydrogens (tertiary/aromatic N) is 2. The normalized spacial score (nSPS) is 14.3. The first-order chi connectivity index (χ1) is 11.2. The molecule has 4 nitrogen and oxygen atoms in total. The molecule has 1 saturated carbocycles. The fourth-order valence-electron chi connectivity index (χ4n) is 2.54. The van der Waals surface area contributed by atoms with Crippen LogP contribution in [0.1, 0.15) is 24.3 Å². The van der Waals surface area contributed by atoms with Gasteiger partial charge in [0.25, 0.3) is 0 Å². The van der Waals surface area contributed by atoms with Crippen LogP contribution in [-0.2, 0) is 4.79 Å². The maximum Gasteiger partial charge on any atom is 0.313 e. The van der Waals surface area contributed by atoms with Gasteiger partial charge >= 0.3 is 5.97 Å². The number of benzene rings is 1. The molecule has 1 N–H and O–H groups in total. The summed E-state index contributed by atoms with van der Waals surface area (Å²) in [6.45, 7) is 0. The van der Waals surface area contributed by atoms with Crippen LogP contribution in [0.2, 0.25) is 0 Å². The number of hydrogen-bond acceptors (Lipinski definition) is 5. The highest BCUT2D eigenvalue weighted by molar-refractivity contribution is 8.00. The first-order valence-electron chi connectivity index (χ1n) is 7.40. The Hall–Kier alpha value is -1.92. The van der Waals surface area contributed by atoms with E-state index in [9.17, 15) is 4.79 Å². The second-order valence-corrected chi connectivity index (χ2v) is 7.60. The maximum atomic E-state index is 10.8. The number of thioether (sulfide) groups is 1. The van der Waals surface area contributed by atoms with E-state index in [4.69, 9.17) is 5.11 Å². The van der Waals surface area contributed by atoms with Crippen molar-refractivity contribution < 1.29 is 9.90 Å². The largest absolute Gasteiger partial charge is 0.481 e. The van der Waals surface area contributed by atoms with Gasteiger partial charge in [0.2, 0.25) is 0 Å². The topological polar surface area (TPSA) is 63.1 Å². The van der Waals surface area contributed by atoms with Crippen LogP contribution in [0.5, 0.6) is 0 Å². The molecule has 0 bridgehead atoms. The summed E-state index contributed by atoms with van der Waals surface area (Å²) in [6, 6.07) is 10.8. The van der Waals surface area contributed by atoms with Crippen molar-refractivity contribution >= 4 is 39.3 Å². The molecule has 2 heterocycles. The van der Waals surface area contributed by atoms with E-state index < -0.39 is 5.97 Å². The van der Waals surface area contributed by atoms with Crippen molar-refractivity contribution in [3.05, 3.63) is 42.2 Å². The lowest BCUT2D eigenvalue weighted by molar-refractivity contribution is -0.133. The molecule has 0 saturated heterocycles. The molecule has 1 fully saturated rings. The Morgan fingerprint density at radius 2 is 2.04 bits per heavy atom. The highest BCUT2D eigenvalue weighted by Gasteiger charge is 2.23. The van der Waals surface area contributed by atoms with Crippen LogP contribution in [0.3, 0.4) is 0 Å². The number of carbonyl (C=O) groups is 1. The first-order valence-corrected chi connectivity index (χ1v) is 9.20. The molecule has 1 aliphatic carbocycles. The molecule has 23 heavy (non-hydrogen) atoms. The number of fused-ring (bicyclic) bond motifs is 1. The highest BCUT2D eigenvalue weighted by Crippen LogP contribution is 2.41. The minimum Gasteiger partial charge on any atom is -0.481 e. The number of hydrogen-bond donors (Lipinski definition) is 1. The second kappa shape index (κ2) is 5.94. The number of carboxylic acid groups (broad SMARTS) is 1. The van der Waals surface area contributed by atoms with E-state index in [1.54, 1.807) is 11.3 Å². The predicted octanol–water partition coefficient (Wildman–Crippen LogP) is 4.41. The van der Waals surface area contributed by atoms with Crippen molar-refractivity contribution in [3.8, 4) is 10.4 Å². The smallest absolute Gasteiger partial charge is 0.313 e. The highest BCUT2D eigenvalue weighted by atomic mass is 32.2. The van der Waals surface area contributed by atoms with Crippen molar-refractivity contribution in [1.82, 2.24) is 9.97 Å². The summed E-state index contributed by atoms with van der Waals surface area (Å²) in [6.07, 6.45) is 4.11. The molecule has 4 rings (SSSR count).